The molecule has 16 heavy (non-hydrogen) atoms. The Hall–Kier alpha value is -2.04. The second kappa shape index (κ2) is 3.84. The fraction of sp³-hybridized carbons (Fsp3) is 0.273. The van der Waals surface area contributed by atoms with Gasteiger partial charge in [0.05, 0.1) is 0 Å². The molecule has 1 heterocycles. The van der Waals surface area contributed by atoms with Gasteiger partial charge in [-0.15, -0.1) is 0 Å². The van der Waals surface area contributed by atoms with Crippen LogP contribution < -0.4 is 9.47 Å². The van der Waals surface area contributed by atoms with Gasteiger partial charge in [-0.05, 0) is 25.1 Å². The molecule has 2 rings (SSSR count). The average molecular weight is 222 g/mol. The number of ketones is 1. The summed E-state index contributed by atoms with van der Waals surface area (Å²) < 4.78 is 10.4. The number of carboxylic acids is 1. The number of Topliss-reactive ketones (excluding diaryl/α,β-unsaturated/α-hetero) is 1. The minimum Gasteiger partial charge on any atom is -0.485 e. The Morgan fingerprint density at radius 1 is 1.38 bits per heavy atom. The van der Waals surface area contributed by atoms with Crippen LogP contribution in [0, 0.1) is 0 Å². The molecule has 0 amide bonds. The zero-order valence-corrected chi connectivity index (χ0v) is 8.60. The molecule has 1 aliphatic heterocycles. The first-order valence-electron chi connectivity index (χ1n) is 4.75. The zero-order valence-electron chi connectivity index (χ0n) is 8.60. The molecule has 1 unspecified atom stereocenters. The summed E-state index contributed by atoms with van der Waals surface area (Å²) in [6, 6.07) is 4.71. The van der Waals surface area contributed by atoms with Crippen molar-refractivity contribution in [3.63, 3.8) is 0 Å². The van der Waals surface area contributed by atoms with E-state index in [4.69, 9.17) is 14.6 Å². The summed E-state index contributed by atoms with van der Waals surface area (Å²) >= 11 is 0. The molecule has 0 spiro atoms. The van der Waals surface area contributed by atoms with Gasteiger partial charge in [-0.25, -0.2) is 4.79 Å². The Balaban J connectivity index is 2.32. The van der Waals surface area contributed by atoms with Gasteiger partial charge < -0.3 is 14.6 Å². The molecule has 1 aliphatic rings. The Bertz CT molecular complexity index is 452. The van der Waals surface area contributed by atoms with E-state index in [9.17, 15) is 9.59 Å². The van der Waals surface area contributed by atoms with E-state index < -0.39 is 12.1 Å². The molecule has 0 saturated heterocycles. The highest BCUT2D eigenvalue weighted by atomic mass is 16.6. The minimum absolute atomic E-state index is 0.0260. The summed E-state index contributed by atoms with van der Waals surface area (Å²) in [4.78, 5) is 21.8. The van der Waals surface area contributed by atoms with Gasteiger partial charge >= 0.3 is 5.97 Å². The van der Waals surface area contributed by atoms with E-state index in [0.717, 1.165) is 0 Å². The number of carbonyl (C=O) groups excluding carboxylic acids is 1. The lowest BCUT2D eigenvalue weighted by Gasteiger charge is -2.23. The number of benzene rings is 1. The van der Waals surface area contributed by atoms with Crippen LogP contribution in [-0.2, 0) is 4.79 Å². The van der Waals surface area contributed by atoms with E-state index in [2.05, 4.69) is 0 Å². The van der Waals surface area contributed by atoms with E-state index >= 15 is 0 Å². The molecule has 0 fully saturated rings. The van der Waals surface area contributed by atoms with E-state index in [1.54, 1.807) is 12.1 Å². The Kier molecular flexibility index (Phi) is 2.52. The maximum absolute atomic E-state index is 11.1. The number of hydrogen-bond acceptors (Lipinski definition) is 4. The summed E-state index contributed by atoms with van der Waals surface area (Å²) in [5.41, 5.74) is 0.466. The molecule has 1 aromatic rings. The first-order valence-corrected chi connectivity index (χ1v) is 4.75. The largest absolute Gasteiger partial charge is 0.485 e. The topological polar surface area (TPSA) is 72.8 Å². The van der Waals surface area contributed by atoms with Crippen molar-refractivity contribution in [2.24, 2.45) is 0 Å². The summed E-state index contributed by atoms with van der Waals surface area (Å²) in [5.74, 6) is -0.434. The molecule has 1 atom stereocenters. The first-order chi connectivity index (χ1) is 7.58. The molecule has 1 aromatic carbocycles. The molecule has 0 radical (unpaired) electrons. The van der Waals surface area contributed by atoms with Crippen molar-refractivity contribution in [1.29, 1.82) is 0 Å². The Labute approximate surface area is 91.6 Å². The minimum atomic E-state index is -1.08. The predicted octanol–water partition coefficient (Wildman–Crippen LogP) is 1.11. The van der Waals surface area contributed by atoms with Crippen molar-refractivity contribution < 1.29 is 24.2 Å². The summed E-state index contributed by atoms with van der Waals surface area (Å²) in [7, 11) is 0. The van der Waals surface area contributed by atoms with Gasteiger partial charge in [0.25, 0.3) is 0 Å². The zero-order chi connectivity index (χ0) is 11.7. The Morgan fingerprint density at radius 2 is 2.12 bits per heavy atom. The standard InChI is InChI=1S/C11H10O5/c1-6(12)7-2-3-8-9(4-7)16-10(5-15-8)11(13)14/h2-4,10H,5H2,1H3,(H,13,14). The van der Waals surface area contributed by atoms with E-state index in [0.29, 0.717) is 17.1 Å². The van der Waals surface area contributed by atoms with Crippen molar-refractivity contribution >= 4 is 11.8 Å². The van der Waals surface area contributed by atoms with Crippen LogP contribution in [0.25, 0.3) is 0 Å². The van der Waals surface area contributed by atoms with Gasteiger partial charge in [-0.1, -0.05) is 0 Å². The predicted molar refractivity (Wildman–Crippen MR) is 54.0 cm³/mol. The van der Waals surface area contributed by atoms with Crippen LogP contribution in [0.4, 0.5) is 0 Å². The van der Waals surface area contributed by atoms with Crippen molar-refractivity contribution in [2.75, 3.05) is 6.61 Å². The van der Waals surface area contributed by atoms with Crippen LogP contribution in [0.15, 0.2) is 18.2 Å². The molecule has 5 nitrogen and oxygen atoms in total. The van der Waals surface area contributed by atoms with Crippen LogP contribution >= 0.6 is 0 Å². The smallest absolute Gasteiger partial charge is 0.348 e. The lowest BCUT2D eigenvalue weighted by molar-refractivity contribution is -0.147. The summed E-state index contributed by atoms with van der Waals surface area (Å²) in [5, 5.41) is 8.77. The SMILES string of the molecule is CC(=O)c1ccc2c(c1)OC(C(=O)O)CO2. The maximum atomic E-state index is 11.1. The van der Waals surface area contributed by atoms with Crippen molar-refractivity contribution in [3.8, 4) is 11.5 Å². The fourth-order valence-corrected chi connectivity index (χ4v) is 1.41. The number of aliphatic carboxylic acids is 1. The lowest BCUT2D eigenvalue weighted by Crippen LogP contribution is -2.36. The molecule has 5 heteroatoms. The molecule has 0 bridgehead atoms. The molecule has 0 aromatic heterocycles. The highest BCUT2D eigenvalue weighted by Crippen LogP contribution is 2.32. The average Bonchev–Trinajstić information content (AvgIpc) is 2.27. The monoisotopic (exact) mass is 222 g/mol. The van der Waals surface area contributed by atoms with Gasteiger partial charge in [0.1, 0.15) is 6.61 Å². The van der Waals surface area contributed by atoms with Crippen LogP contribution in [0.1, 0.15) is 17.3 Å². The van der Waals surface area contributed by atoms with Crippen LogP contribution in [-0.4, -0.2) is 29.6 Å². The number of rotatable bonds is 2. The summed E-state index contributed by atoms with van der Waals surface area (Å²) in [6.45, 7) is 1.40. The van der Waals surface area contributed by atoms with Gasteiger partial charge in [0.15, 0.2) is 17.3 Å². The van der Waals surface area contributed by atoms with Gasteiger partial charge in [0.2, 0.25) is 6.10 Å². The van der Waals surface area contributed by atoms with Crippen LogP contribution in [0.2, 0.25) is 0 Å². The summed E-state index contributed by atoms with van der Waals surface area (Å²) in [6.07, 6.45) is -1.02. The fourth-order valence-electron chi connectivity index (χ4n) is 1.41. The highest BCUT2D eigenvalue weighted by Gasteiger charge is 2.27. The van der Waals surface area contributed by atoms with Gasteiger partial charge in [-0.3, -0.25) is 4.79 Å². The number of ether oxygens (including phenoxy) is 2. The normalized spacial score (nSPS) is 17.9. The van der Waals surface area contributed by atoms with Gasteiger partial charge in [-0.2, -0.15) is 0 Å². The molecule has 84 valence electrons. The molecule has 0 saturated carbocycles. The second-order valence-electron chi connectivity index (χ2n) is 3.47. The maximum Gasteiger partial charge on any atom is 0.348 e. The molecule has 1 N–H and O–H groups in total. The molecular formula is C11H10O5. The molecular weight excluding hydrogens is 212 g/mol. The first kappa shape index (κ1) is 10.5. The third kappa shape index (κ3) is 1.84. The third-order valence-electron chi connectivity index (χ3n) is 2.29. The number of fused-ring (bicyclic) bond motifs is 1. The second-order valence-corrected chi connectivity index (χ2v) is 3.47. The van der Waals surface area contributed by atoms with Crippen molar-refractivity contribution in [3.05, 3.63) is 23.8 Å². The number of carbonyl (C=O) groups is 2. The van der Waals surface area contributed by atoms with Crippen molar-refractivity contribution in [1.82, 2.24) is 0 Å². The van der Waals surface area contributed by atoms with E-state index in [1.807, 2.05) is 0 Å². The lowest BCUT2D eigenvalue weighted by atomic mass is 10.1. The van der Waals surface area contributed by atoms with Crippen molar-refractivity contribution in [2.45, 2.75) is 13.0 Å². The van der Waals surface area contributed by atoms with Crippen LogP contribution in [0.5, 0.6) is 11.5 Å². The third-order valence-corrected chi connectivity index (χ3v) is 2.29. The molecule has 0 aliphatic carbocycles. The quantitative estimate of drug-likeness (QED) is 0.759. The van der Waals surface area contributed by atoms with E-state index in [-0.39, 0.29) is 12.4 Å². The highest BCUT2D eigenvalue weighted by molar-refractivity contribution is 5.94. The van der Waals surface area contributed by atoms with E-state index in [1.165, 1.54) is 13.0 Å². The number of carboxylic acid groups (broad SMARTS) is 1. The van der Waals surface area contributed by atoms with Gasteiger partial charge in [0, 0.05) is 5.56 Å². The number of hydrogen-bond donors (Lipinski definition) is 1. The Morgan fingerprint density at radius 3 is 2.75 bits per heavy atom. The van der Waals surface area contributed by atoms with Crippen LogP contribution in [0.3, 0.4) is 0 Å².